The SMILES string of the molecule is CC(C)N1CCC(N(C)C(=O)c2ccnc(CN)c2)CC1. The fourth-order valence-electron chi connectivity index (χ4n) is 2.88. The summed E-state index contributed by atoms with van der Waals surface area (Å²) in [7, 11) is 1.90. The van der Waals surface area contributed by atoms with E-state index < -0.39 is 0 Å². The number of rotatable bonds is 4. The fraction of sp³-hybridized carbons (Fsp3) is 0.625. The highest BCUT2D eigenvalue weighted by molar-refractivity contribution is 5.94. The second-order valence-corrected chi connectivity index (χ2v) is 6.02. The molecule has 1 amide bonds. The van der Waals surface area contributed by atoms with E-state index >= 15 is 0 Å². The highest BCUT2D eigenvalue weighted by Gasteiger charge is 2.26. The highest BCUT2D eigenvalue weighted by Crippen LogP contribution is 2.19. The van der Waals surface area contributed by atoms with Crippen LogP contribution in [0.5, 0.6) is 0 Å². The van der Waals surface area contributed by atoms with Crippen molar-refractivity contribution in [3.63, 3.8) is 0 Å². The van der Waals surface area contributed by atoms with E-state index in [0.29, 0.717) is 24.2 Å². The van der Waals surface area contributed by atoms with E-state index in [1.807, 2.05) is 11.9 Å². The lowest BCUT2D eigenvalue weighted by Crippen LogP contribution is -2.47. The van der Waals surface area contributed by atoms with Gasteiger partial charge in [-0.3, -0.25) is 9.78 Å². The van der Waals surface area contributed by atoms with Crippen LogP contribution in [-0.2, 0) is 6.54 Å². The molecule has 1 fully saturated rings. The van der Waals surface area contributed by atoms with E-state index in [2.05, 4.69) is 23.7 Å². The lowest BCUT2D eigenvalue weighted by atomic mass is 10.0. The van der Waals surface area contributed by atoms with Crippen molar-refractivity contribution >= 4 is 5.91 Å². The second-order valence-electron chi connectivity index (χ2n) is 6.02. The zero-order valence-corrected chi connectivity index (χ0v) is 13.2. The topological polar surface area (TPSA) is 62.5 Å². The second kappa shape index (κ2) is 7.00. The van der Waals surface area contributed by atoms with Crippen LogP contribution in [0.4, 0.5) is 0 Å². The number of amides is 1. The Morgan fingerprint density at radius 1 is 1.48 bits per heavy atom. The number of hydrogen-bond donors (Lipinski definition) is 1. The lowest BCUT2D eigenvalue weighted by Gasteiger charge is -2.38. The normalized spacial score (nSPS) is 17.2. The van der Waals surface area contributed by atoms with Crippen LogP contribution in [-0.4, -0.2) is 52.9 Å². The van der Waals surface area contributed by atoms with Crippen LogP contribution in [0.25, 0.3) is 0 Å². The quantitative estimate of drug-likeness (QED) is 0.912. The van der Waals surface area contributed by atoms with Gasteiger partial charge in [0, 0.05) is 50.5 Å². The molecular weight excluding hydrogens is 264 g/mol. The molecule has 1 aromatic heterocycles. The highest BCUT2D eigenvalue weighted by atomic mass is 16.2. The largest absolute Gasteiger partial charge is 0.339 e. The van der Waals surface area contributed by atoms with E-state index in [9.17, 15) is 4.79 Å². The van der Waals surface area contributed by atoms with Crippen molar-refractivity contribution in [1.82, 2.24) is 14.8 Å². The van der Waals surface area contributed by atoms with Gasteiger partial charge >= 0.3 is 0 Å². The molecule has 0 unspecified atom stereocenters. The number of pyridine rings is 1. The van der Waals surface area contributed by atoms with Crippen LogP contribution in [0, 0.1) is 0 Å². The van der Waals surface area contributed by atoms with Crippen molar-refractivity contribution in [2.45, 2.75) is 45.3 Å². The summed E-state index contributed by atoms with van der Waals surface area (Å²) < 4.78 is 0. The number of carbonyl (C=O) groups excluding carboxylic acids is 1. The number of nitrogens with zero attached hydrogens (tertiary/aromatic N) is 3. The summed E-state index contributed by atoms with van der Waals surface area (Å²) in [6.45, 7) is 6.92. The Morgan fingerprint density at radius 3 is 2.71 bits per heavy atom. The van der Waals surface area contributed by atoms with E-state index in [0.717, 1.165) is 31.6 Å². The number of carbonyl (C=O) groups is 1. The molecule has 0 bridgehead atoms. The Kier molecular flexibility index (Phi) is 5.31. The molecule has 1 aliphatic rings. The molecule has 5 nitrogen and oxygen atoms in total. The van der Waals surface area contributed by atoms with Gasteiger partial charge in [0.1, 0.15) is 0 Å². The van der Waals surface area contributed by atoms with Gasteiger partial charge < -0.3 is 15.5 Å². The summed E-state index contributed by atoms with van der Waals surface area (Å²) in [5.74, 6) is 0.0649. The molecule has 1 saturated heterocycles. The molecule has 1 aromatic rings. The van der Waals surface area contributed by atoms with E-state index in [1.165, 1.54) is 0 Å². The number of piperidine rings is 1. The van der Waals surface area contributed by atoms with Crippen molar-refractivity contribution < 1.29 is 4.79 Å². The van der Waals surface area contributed by atoms with Crippen molar-refractivity contribution in [3.8, 4) is 0 Å². The predicted octanol–water partition coefficient (Wildman–Crippen LogP) is 1.49. The van der Waals surface area contributed by atoms with Crippen LogP contribution in [0.3, 0.4) is 0 Å². The number of nitrogens with two attached hydrogens (primary N) is 1. The maximum atomic E-state index is 12.6. The Labute approximate surface area is 127 Å². The van der Waals surface area contributed by atoms with Crippen LogP contribution in [0.1, 0.15) is 42.7 Å². The third-order valence-electron chi connectivity index (χ3n) is 4.37. The minimum absolute atomic E-state index is 0.0649. The molecule has 2 rings (SSSR count). The van der Waals surface area contributed by atoms with E-state index in [-0.39, 0.29) is 5.91 Å². The predicted molar refractivity (Wildman–Crippen MR) is 84.0 cm³/mol. The van der Waals surface area contributed by atoms with E-state index in [4.69, 9.17) is 5.73 Å². The van der Waals surface area contributed by atoms with Gasteiger partial charge in [-0.1, -0.05) is 0 Å². The van der Waals surface area contributed by atoms with Crippen LogP contribution >= 0.6 is 0 Å². The van der Waals surface area contributed by atoms with Gasteiger partial charge in [-0.15, -0.1) is 0 Å². The summed E-state index contributed by atoms with van der Waals surface area (Å²) in [6, 6.07) is 4.46. The van der Waals surface area contributed by atoms with Gasteiger partial charge in [-0.05, 0) is 38.8 Å². The Hall–Kier alpha value is -1.46. The molecule has 1 aliphatic heterocycles. The lowest BCUT2D eigenvalue weighted by molar-refractivity contribution is 0.0615. The maximum Gasteiger partial charge on any atom is 0.253 e. The molecule has 2 heterocycles. The summed E-state index contributed by atoms with van der Waals surface area (Å²) in [6.07, 6.45) is 3.73. The Balaban J connectivity index is 1.99. The van der Waals surface area contributed by atoms with Gasteiger partial charge in [-0.2, -0.15) is 0 Å². The van der Waals surface area contributed by atoms with Gasteiger partial charge in [0.15, 0.2) is 0 Å². The monoisotopic (exact) mass is 290 g/mol. The van der Waals surface area contributed by atoms with Crippen LogP contribution < -0.4 is 5.73 Å². The summed E-state index contributed by atoms with van der Waals surface area (Å²) in [5, 5.41) is 0. The zero-order chi connectivity index (χ0) is 15.4. The standard InChI is InChI=1S/C16H26N4O/c1-12(2)20-8-5-15(6-9-20)19(3)16(21)13-4-7-18-14(10-13)11-17/h4,7,10,12,15H,5-6,8-9,11,17H2,1-3H3. The third-order valence-corrected chi connectivity index (χ3v) is 4.37. The van der Waals surface area contributed by atoms with Gasteiger partial charge in [0.25, 0.3) is 5.91 Å². The molecular formula is C16H26N4O. The Bertz CT molecular complexity index is 481. The molecule has 0 atom stereocenters. The average molecular weight is 290 g/mol. The molecule has 0 aromatic carbocycles. The van der Waals surface area contributed by atoms with Crippen molar-refractivity contribution in [2.75, 3.05) is 20.1 Å². The van der Waals surface area contributed by atoms with E-state index in [1.54, 1.807) is 18.3 Å². The van der Waals surface area contributed by atoms with Gasteiger partial charge in [-0.25, -0.2) is 0 Å². The van der Waals surface area contributed by atoms with Crippen molar-refractivity contribution in [2.24, 2.45) is 5.73 Å². The summed E-state index contributed by atoms with van der Waals surface area (Å²) in [5.41, 5.74) is 7.02. The van der Waals surface area contributed by atoms with Gasteiger partial charge in [0.05, 0.1) is 5.69 Å². The van der Waals surface area contributed by atoms with Gasteiger partial charge in [0.2, 0.25) is 0 Å². The molecule has 0 saturated carbocycles. The van der Waals surface area contributed by atoms with Crippen LogP contribution in [0.15, 0.2) is 18.3 Å². The van der Waals surface area contributed by atoms with Crippen molar-refractivity contribution in [1.29, 1.82) is 0 Å². The first-order valence-corrected chi connectivity index (χ1v) is 7.69. The number of likely N-dealkylation sites (tertiary alicyclic amines) is 1. The van der Waals surface area contributed by atoms with Crippen LogP contribution in [0.2, 0.25) is 0 Å². The maximum absolute atomic E-state index is 12.6. The zero-order valence-electron chi connectivity index (χ0n) is 13.2. The Morgan fingerprint density at radius 2 is 2.14 bits per heavy atom. The smallest absolute Gasteiger partial charge is 0.253 e. The molecule has 2 N–H and O–H groups in total. The molecule has 21 heavy (non-hydrogen) atoms. The summed E-state index contributed by atoms with van der Waals surface area (Å²) >= 11 is 0. The molecule has 116 valence electrons. The number of hydrogen-bond acceptors (Lipinski definition) is 4. The third kappa shape index (κ3) is 3.80. The first-order valence-electron chi connectivity index (χ1n) is 7.69. The fourth-order valence-corrected chi connectivity index (χ4v) is 2.88. The first kappa shape index (κ1) is 15.9. The minimum atomic E-state index is 0.0649. The molecule has 0 radical (unpaired) electrons. The molecule has 0 aliphatic carbocycles. The number of aromatic nitrogens is 1. The molecule has 5 heteroatoms. The minimum Gasteiger partial charge on any atom is -0.339 e. The first-order chi connectivity index (χ1) is 10.0. The van der Waals surface area contributed by atoms with Crippen molar-refractivity contribution in [3.05, 3.63) is 29.6 Å². The summed E-state index contributed by atoms with van der Waals surface area (Å²) in [4.78, 5) is 21.1. The molecule has 0 spiro atoms. The average Bonchev–Trinajstić information content (AvgIpc) is 2.53.